The molecule has 6 nitrogen and oxygen atoms in total. The van der Waals surface area contributed by atoms with Crippen molar-refractivity contribution in [1.82, 2.24) is 4.90 Å². The van der Waals surface area contributed by atoms with Gasteiger partial charge in [-0.2, -0.15) is 0 Å². The van der Waals surface area contributed by atoms with Gasteiger partial charge in [0, 0.05) is 31.7 Å². The number of amides is 1. The Morgan fingerprint density at radius 2 is 1.90 bits per heavy atom. The Balaban J connectivity index is 2.12. The predicted octanol–water partition coefficient (Wildman–Crippen LogP) is 1.73. The molecular formula is C14H23NO5. The molecule has 114 valence electrons. The van der Waals surface area contributed by atoms with Crippen molar-refractivity contribution in [2.75, 3.05) is 26.3 Å². The van der Waals surface area contributed by atoms with Crippen molar-refractivity contribution in [2.24, 2.45) is 11.3 Å². The molecule has 2 fully saturated rings. The number of ether oxygens (including phenoxy) is 2. The largest absolute Gasteiger partial charge is 0.481 e. The van der Waals surface area contributed by atoms with E-state index < -0.39 is 23.6 Å². The molecule has 0 aromatic heterocycles. The molecular weight excluding hydrogens is 262 g/mol. The van der Waals surface area contributed by atoms with Crippen LogP contribution >= 0.6 is 0 Å². The van der Waals surface area contributed by atoms with Gasteiger partial charge < -0.3 is 19.5 Å². The van der Waals surface area contributed by atoms with E-state index in [0.717, 1.165) is 0 Å². The van der Waals surface area contributed by atoms with Crippen LogP contribution in [0.15, 0.2) is 0 Å². The molecule has 0 radical (unpaired) electrons. The first-order valence-corrected chi connectivity index (χ1v) is 7.02. The molecule has 20 heavy (non-hydrogen) atoms. The van der Waals surface area contributed by atoms with Crippen molar-refractivity contribution in [3.05, 3.63) is 0 Å². The van der Waals surface area contributed by atoms with Crippen LogP contribution in [-0.2, 0) is 14.3 Å². The summed E-state index contributed by atoms with van der Waals surface area (Å²) < 4.78 is 10.7. The molecule has 0 aromatic rings. The molecule has 1 N–H and O–H groups in total. The van der Waals surface area contributed by atoms with Crippen LogP contribution in [0.2, 0.25) is 0 Å². The van der Waals surface area contributed by atoms with Crippen LogP contribution in [-0.4, -0.2) is 54.0 Å². The molecule has 0 aromatic carbocycles. The first-order valence-electron chi connectivity index (χ1n) is 7.02. The number of nitrogens with zero attached hydrogens (tertiary/aromatic N) is 1. The number of rotatable bonds is 1. The lowest BCUT2D eigenvalue weighted by atomic mass is 9.72. The van der Waals surface area contributed by atoms with E-state index >= 15 is 0 Å². The number of hydrogen-bond acceptors (Lipinski definition) is 4. The van der Waals surface area contributed by atoms with Crippen molar-refractivity contribution < 1.29 is 24.2 Å². The van der Waals surface area contributed by atoms with E-state index in [1.165, 1.54) is 4.90 Å². The summed E-state index contributed by atoms with van der Waals surface area (Å²) in [7, 11) is 0. The van der Waals surface area contributed by atoms with Crippen molar-refractivity contribution in [3.8, 4) is 0 Å². The molecule has 1 amide bonds. The van der Waals surface area contributed by atoms with E-state index in [-0.39, 0.29) is 12.0 Å². The zero-order valence-corrected chi connectivity index (χ0v) is 12.3. The minimum absolute atomic E-state index is 0.226. The highest BCUT2D eigenvalue weighted by Crippen LogP contribution is 2.44. The lowest BCUT2D eigenvalue weighted by Crippen LogP contribution is -2.40. The fraction of sp³-hybridized carbons (Fsp3) is 0.857. The summed E-state index contributed by atoms with van der Waals surface area (Å²) in [4.78, 5) is 25.2. The fourth-order valence-electron chi connectivity index (χ4n) is 3.06. The summed E-state index contributed by atoms with van der Waals surface area (Å²) in [6, 6.07) is 0. The van der Waals surface area contributed by atoms with Crippen LogP contribution in [0.5, 0.6) is 0 Å². The Labute approximate surface area is 119 Å². The topological polar surface area (TPSA) is 76.1 Å². The lowest BCUT2D eigenvalue weighted by molar-refractivity contribution is -0.146. The fourth-order valence-corrected chi connectivity index (χ4v) is 3.06. The van der Waals surface area contributed by atoms with E-state index in [1.54, 1.807) is 20.8 Å². The zero-order valence-electron chi connectivity index (χ0n) is 12.3. The van der Waals surface area contributed by atoms with Crippen LogP contribution in [0.4, 0.5) is 4.79 Å². The van der Waals surface area contributed by atoms with Gasteiger partial charge in [-0.25, -0.2) is 4.79 Å². The number of aliphatic carboxylic acids is 1. The first kappa shape index (κ1) is 15.1. The molecule has 0 saturated carbocycles. The molecule has 1 atom stereocenters. The molecule has 2 heterocycles. The quantitative estimate of drug-likeness (QED) is 0.794. The van der Waals surface area contributed by atoms with Gasteiger partial charge in [0.25, 0.3) is 0 Å². The van der Waals surface area contributed by atoms with Gasteiger partial charge in [-0.1, -0.05) is 0 Å². The van der Waals surface area contributed by atoms with Crippen LogP contribution in [0.1, 0.15) is 33.6 Å². The third-order valence-electron chi connectivity index (χ3n) is 4.09. The molecule has 2 saturated heterocycles. The minimum Gasteiger partial charge on any atom is -0.481 e. The van der Waals surface area contributed by atoms with E-state index in [4.69, 9.17) is 9.47 Å². The summed E-state index contributed by atoms with van der Waals surface area (Å²) in [6.45, 7) is 7.21. The van der Waals surface area contributed by atoms with Crippen LogP contribution in [0.3, 0.4) is 0 Å². The second-order valence-electron chi connectivity index (χ2n) is 6.73. The summed E-state index contributed by atoms with van der Waals surface area (Å²) in [5.41, 5.74) is -0.928. The number of carboxylic acids is 1. The normalized spacial score (nSPS) is 25.8. The first-order chi connectivity index (χ1) is 9.23. The third kappa shape index (κ3) is 3.06. The van der Waals surface area contributed by atoms with Gasteiger partial charge in [0.2, 0.25) is 0 Å². The highest BCUT2D eigenvalue weighted by molar-refractivity contribution is 5.75. The highest BCUT2D eigenvalue weighted by Gasteiger charge is 2.52. The average molecular weight is 285 g/mol. The van der Waals surface area contributed by atoms with Gasteiger partial charge in [0.05, 0.1) is 5.92 Å². The number of carbonyl (C=O) groups is 2. The van der Waals surface area contributed by atoms with E-state index in [0.29, 0.717) is 32.6 Å². The van der Waals surface area contributed by atoms with E-state index in [2.05, 4.69) is 0 Å². The maximum absolute atomic E-state index is 12.1. The summed E-state index contributed by atoms with van der Waals surface area (Å²) in [6.07, 6.45) is 0.944. The van der Waals surface area contributed by atoms with E-state index in [9.17, 15) is 14.7 Å². The Kier molecular flexibility index (Phi) is 3.95. The highest BCUT2D eigenvalue weighted by atomic mass is 16.6. The van der Waals surface area contributed by atoms with Crippen molar-refractivity contribution in [3.63, 3.8) is 0 Å². The Bertz CT molecular complexity index is 395. The van der Waals surface area contributed by atoms with Gasteiger partial charge in [-0.05, 0) is 33.6 Å². The second kappa shape index (κ2) is 5.24. The second-order valence-corrected chi connectivity index (χ2v) is 6.73. The maximum Gasteiger partial charge on any atom is 0.410 e. The van der Waals surface area contributed by atoms with Crippen molar-refractivity contribution in [1.29, 1.82) is 0 Å². The van der Waals surface area contributed by atoms with Gasteiger partial charge in [0.15, 0.2) is 0 Å². The van der Waals surface area contributed by atoms with E-state index in [1.807, 2.05) is 0 Å². The maximum atomic E-state index is 12.1. The summed E-state index contributed by atoms with van der Waals surface area (Å²) >= 11 is 0. The minimum atomic E-state index is -0.835. The van der Waals surface area contributed by atoms with Crippen molar-refractivity contribution in [2.45, 2.75) is 39.2 Å². The van der Waals surface area contributed by atoms with Gasteiger partial charge >= 0.3 is 12.1 Å². The average Bonchev–Trinajstić information content (AvgIpc) is 2.67. The number of carbonyl (C=O) groups excluding carboxylic acids is 1. The molecule has 2 rings (SSSR count). The van der Waals surface area contributed by atoms with Gasteiger partial charge in [0.1, 0.15) is 5.60 Å². The number of hydrogen-bond donors (Lipinski definition) is 1. The van der Waals surface area contributed by atoms with Gasteiger partial charge in [-0.3, -0.25) is 4.79 Å². The molecule has 0 unspecified atom stereocenters. The number of likely N-dealkylation sites (tertiary alicyclic amines) is 1. The zero-order chi connectivity index (χ0) is 15.0. The van der Waals surface area contributed by atoms with Crippen LogP contribution in [0.25, 0.3) is 0 Å². The Morgan fingerprint density at radius 3 is 2.40 bits per heavy atom. The van der Waals surface area contributed by atoms with Crippen LogP contribution in [0, 0.1) is 11.3 Å². The smallest absolute Gasteiger partial charge is 0.410 e. The molecule has 1 spiro atoms. The molecule has 2 aliphatic heterocycles. The monoisotopic (exact) mass is 285 g/mol. The molecule has 0 aliphatic carbocycles. The SMILES string of the molecule is CC(C)(C)OC(=O)N1C[C@H](C(=O)O)C2(CCOCC2)C1. The molecule has 2 aliphatic rings. The predicted molar refractivity (Wildman–Crippen MR) is 71.4 cm³/mol. The van der Waals surface area contributed by atoms with Crippen molar-refractivity contribution >= 4 is 12.1 Å². The standard InChI is InChI=1S/C14H23NO5/c1-13(2,3)20-12(18)15-8-10(11(16)17)14(9-15)4-6-19-7-5-14/h10H,4-9H2,1-3H3,(H,16,17)/t10-/m1/s1. The van der Waals surface area contributed by atoms with Crippen LogP contribution < -0.4 is 0 Å². The molecule has 6 heteroatoms. The summed E-state index contributed by atoms with van der Waals surface area (Å²) in [5, 5.41) is 9.44. The third-order valence-corrected chi connectivity index (χ3v) is 4.09. The molecule has 0 bridgehead atoms. The Morgan fingerprint density at radius 1 is 1.30 bits per heavy atom. The number of carboxylic acid groups (broad SMARTS) is 1. The summed E-state index contributed by atoms with van der Waals surface area (Å²) in [5.74, 6) is -1.36. The van der Waals surface area contributed by atoms with Gasteiger partial charge in [-0.15, -0.1) is 0 Å². The lowest BCUT2D eigenvalue weighted by Gasteiger charge is -2.36. The Hall–Kier alpha value is -1.30.